The van der Waals surface area contributed by atoms with Crippen molar-refractivity contribution in [2.75, 3.05) is 13.6 Å². The highest BCUT2D eigenvalue weighted by atomic mass is 15.1. The zero-order valence-corrected chi connectivity index (χ0v) is 5.36. The fourth-order valence-corrected chi connectivity index (χ4v) is 0.314. The lowest BCUT2D eigenvalue weighted by Crippen LogP contribution is -2.37. The summed E-state index contributed by atoms with van der Waals surface area (Å²) in [5.74, 6) is 2.48. The molecule has 0 aromatic heterocycles. The Morgan fingerprint density at radius 2 is 2.38 bits per heavy atom. The van der Waals surface area contributed by atoms with Crippen molar-refractivity contribution in [1.82, 2.24) is 10.6 Å². The molecule has 0 rings (SSSR count). The van der Waals surface area contributed by atoms with Gasteiger partial charge in [-0.05, 0) is 14.0 Å². The van der Waals surface area contributed by atoms with E-state index in [1.165, 1.54) is 0 Å². The summed E-state index contributed by atoms with van der Waals surface area (Å²) in [6.45, 7) is 2.64. The van der Waals surface area contributed by atoms with E-state index >= 15 is 0 Å². The van der Waals surface area contributed by atoms with Crippen LogP contribution in [0.2, 0.25) is 0 Å². The van der Waals surface area contributed by atoms with Crippen molar-refractivity contribution in [1.29, 1.82) is 0 Å². The summed E-state index contributed by atoms with van der Waals surface area (Å²) in [5.41, 5.74) is 0. The Bertz CT molecular complexity index is 83.0. The fourth-order valence-electron chi connectivity index (χ4n) is 0.314. The van der Waals surface area contributed by atoms with E-state index in [4.69, 9.17) is 6.42 Å². The summed E-state index contributed by atoms with van der Waals surface area (Å²) in [5, 5.41) is 6.03. The largest absolute Gasteiger partial charge is 0.305 e. The number of nitrogens with one attached hydrogen (secondary N) is 2. The summed E-state index contributed by atoms with van der Waals surface area (Å²) < 4.78 is 0. The zero-order valence-electron chi connectivity index (χ0n) is 5.36. The highest BCUT2D eigenvalue weighted by Crippen LogP contribution is 1.66. The van der Waals surface area contributed by atoms with Gasteiger partial charge in [0.2, 0.25) is 0 Å². The maximum atomic E-state index is 4.99. The molecule has 2 heteroatoms. The predicted octanol–water partition coefficient (Wildman–Crippen LogP) is -0.225. The molecule has 0 heterocycles. The van der Waals surface area contributed by atoms with Gasteiger partial charge in [0.05, 0.1) is 12.7 Å². The molecule has 0 aromatic rings. The number of hydrogen-bond acceptors (Lipinski definition) is 2. The van der Waals surface area contributed by atoms with Crippen molar-refractivity contribution in [2.45, 2.75) is 13.1 Å². The molecular formula is C6H12N2. The van der Waals surface area contributed by atoms with E-state index in [-0.39, 0.29) is 0 Å². The Hall–Kier alpha value is -0.520. The minimum absolute atomic E-state index is 0.311. The Morgan fingerprint density at radius 1 is 1.75 bits per heavy atom. The van der Waals surface area contributed by atoms with Crippen molar-refractivity contribution >= 4 is 0 Å². The first-order chi connectivity index (χ1) is 3.81. The van der Waals surface area contributed by atoms with Crippen LogP contribution in [-0.2, 0) is 0 Å². The summed E-state index contributed by atoms with van der Waals surface area (Å²) in [6, 6.07) is 0. The van der Waals surface area contributed by atoms with Crippen LogP contribution in [-0.4, -0.2) is 19.8 Å². The summed E-state index contributed by atoms with van der Waals surface area (Å²) >= 11 is 0. The monoisotopic (exact) mass is 112 g/mol. The molecule has 1 unspecified atom stereocenters. The van der Waals surface area contributed by atoms with Gasteiger partial charge in [-0.1, -0.05) is 5.92 Å². The molecule has 0 saturated carbocycles. The fraction of sp³-hybridized carbons (Fsp3) is 0.667. The second-order valence-corrected chi connectivity index (χ2v) is 1.60. The van der Waals surface area contributed by atoms with Crippen LogP contribution in [0.5, 0.6) is 0 Å². The molecule has 0 aromatic carbocycles. The first-order valence-electron chi connectivity index (χ1n) is 2.65. The smallest absolute Gasteiger partial charge is 0.0585 e. The maximum absolute atomic E-state index is 4.99. The van der Waals surface area contributed by atoms with Crippen LogP contribution in [0.15, 0.2) is 0 Å². The van der Waals surface area contributed by atoms with Gasteiger partial charge in [-0.2, -0.15) is 0 Å². The van der Waals surface area contributed by atoms with Gasteiger partial charge in [-0.3, -0.25) is 5.32 Å². The van der Waals surface area contributed by atoms with Crippen molar-refractivity contribution in [3.8, 4) is 12.3 Å². The van der Waals surface area contributed by atoms with Gasteiger partial charge in [0.25, 0.3) is 0 Å². The van der Waals surface area contributed by atoms with Crippen LogP contribution < -0.4 is 10.6 Å². The van der Waals surface area contributed by atoms with E-state index in [0.717, 1.165) is 0 Å². The molecule has 0 bridgehead atoms. The second kappa shape index (κ2) is 4.63. The molecule has 2 N–H and O–H groups in total. The molecule has 0 aliphatic carbocycles. The summed E-state index contributed by atoms with van der Waals surface area (Å²) in [6.07, 6.45) is 5.30. The zero-order chi connectivity index (χ0) is 6.41. The van der Waals surface area contributed by atoms with Crippen LogP contribution >= 0.6 is 0 Å². The third kappa shape index (κ3) is 3.66. The van der Waals surface area contributed by atoms with Crippen molar-refractivity contribution in [3.05, 3.63) is 0 Å². The van der Waals surface area contributed by atoms with Crippen LogP contribution in [0.4, 0.5) is 0 Å². The van der Waals surface area contributed by atoms with E-state index in [9.17, 15) is 0 Å². The molecule has 0 fully saturated rings. The lowest BCUT2D eigenvalue weighted by molar-refractivity contribution is 0.519. The highest BCUT2D eigenvalue weighted by Gasteiger charge is 1.89. The number of terminal acetylenes is 1. The average molecular weight is 112 g/mol. The Labute approximate surface area is 50.7 Å². The van der Waals surface area contributed by atoms with Crippen molar-refractivity contribution in [2.24, 2.45) is 0 Å². The van der Waals surface area contributed by atoms with E-state index in [1.807, 2.05) is 14.0 Å². The highest BCUT2D eigenvalue weighted by molar-refractivity contribution is 4.86. The lowest BCUT2D eigenvalue weighted by Gasteiger charge is -2.08. The van der Waals surface area contributed by atoms with Gasteiger partial charge in [0.15, 0.2) is 0 Å². The molecule has 0 aliphatic rings. The van der Waals surface area contributed by atoms with E-state index in [1.54, 1.807) is 0 Å². The molecule has 8 heavy (non-hydrogen) atoms. The topological polar surface area (TPSA) is 24.1 Å². The van der Waals surface area contributed by atoms with Crippen LogP contribution in [0.1, 0.15) is 6.92 Å². The average Bonchev–Trinajstić information content (AvgIpc) is 1.83. The first kappa shape index (κ1) is 7.48. The minimum atomic E-state index is 0.311. The van der Waals surface area contributed by atoms with Crippen molar-refractivity contribution < 1.29 is 0 Å². The van der Waals surface area contributed by atoms with E-state index in [2.05, 4.69) is 16.6 Å². The molecule has 0 amide bonds. The Balaban J connectivity index is 3.01. The van der Waals surface area contributed by atoms with Crippen molar-refractivity contribution in [3.63, 3.8) is 0 Å². The first-order valence-corrected chi connectivity index (χ1v) is 2.65. The van der Waals surface area contributed by atoms with Gasteiger partial charge in [0, 0.05) is 0 Å². The van der Waals surface area contributed by atoms with Gasteiger partial charge in [-0.25, -0.2) is 0 Å². The molecule has 0 spiro atoms. The maximum Gasteiger partial charge on any atom is 0.0585 e. The number of hydrogen-bond donors (Lipinski definition) is 2. The second-order valence-electron chi connectivity index (χ2n) is 1.60. The molecule has 46 valence electrons. The van der Waals surface area contributed by atoms with Gasteiger partial charge < -0.3 is 5.32 Å². The summed E-state index contributed by atoms with van der Waals surface area (Å²) in [4.78, 5) is 0. The molecule has 1 atom stereocenters. The quantitative estimate of drug-likeness (QED) is 0.389. The normalized spacial score (nSPS) is 12.6. The predicted molar refractivity (Wildman–Crippen MR) is 35.4 cm³/mol. The van der Waals surface area contributed by atoms with Crippen LogP contribution in [0.25, 0.3) is 0 Å². The molecule has 0 saturated heterocycles. The summed E-state index contributed by atoms with van der Waals surface area (Å²) in [7, 11) is 1.88. The molecule has 0 aliphatic heterocycles. The third-order valence-corrected chi connectivity index (χ3v) is 0.943. The van der Waals surface area contributed by atoms with Crippen LogP contribution in [0, 0.1) is 12.3 Å². The minimum Gasteiger partial charge on any atom is -0.305 e. The Morgan fingerprint density at radius 3 is 2.75 bits per heavy atom. The SMILES string of the molecule is C#CCNC(C)NC. The van der Waals surface area contributed by atoms with E-state index < -0.39 is 0 Å². The molecule has 2 nitrogen and oxygen atoms in total. The standard InChI is InChI=1S/C6H12N2/c1-4-5-8-6(2)7-3/h1,6-8H,5H2,2-3H3. The number of rotatable bonds is 3. The van der Waals surface area contributed by atoms with Gasteiger partial charge >= 0.3 is 0 Å². The van der Waals surface area contributed by atoms with Crippen LogP contribution in [0.3, 0.4) is 0 Å². The lowest BCUT2D eigenvalue weighted by atomic mass is 10.5. The van der Waals surface area contributed by atoms with Gasteiger partial charge in [0.1, 0.15) is 0 Å². The molecule has 0 radical (unpaired) electrons. The van der Waals surface area contributed by atoms with E-state index in [0.29, 0.717) is 12.7 Å². The third-order valence-electron chi connectivity index (χ3n) is 0.943. The Kier molecular flexibility index (Phi) is 4.33. The van der Waals surface area contributed by atoms with Gasteiger partial charge in [-0.15, -0.1) is 6.42 Å². The molecular weight excluding hydrogens is 100 g/mol.